The molecule has 31 heavy (non-hydrogen) atoms. The first-order chi connectivity index (χ1) is 14.8. The number of benzene rings is 2. The number of nitrogens with zero attached hydrogens (tertiary/aromatic N) is 3. The maximum absolute atomic E-state index is 12.9. The van der Waals surface area contributed by atoms with Crippen LogP contribution in [0.1, 0.15) is 45.9 Å². The van der Waals surface area contributed by atoms with Crippen molar-refractivity contribution >= 4 is 27.7 Å². The smallest absolute Gasteiger partial charge is 0.268 e. The molecule has 9 heteroatoms. The van der Waals surface area contributed by atoms with E-state index in [-0.39, 0.29) is 18.0 Å². The molecule has 0 bridgehead atoms. The number of aromatic nitrogens is 2. The van der Waals surface area contributed by atoms with Gasteiger partial charge in [0.15, 0.2) is 0 Å². The van der Waals surface area contributed by atoms with Crippen LogP contribution in [-0.2, 0) is 16.8 Å². The van der Waals surface area contributed by atoms with Crippen molar-refractivity contribution < 1.29 is 13.2 Å². The van der Waals surface area contributed by atoms with E-state index >= 15 is 0 Å². The Labute approximate surface area is 186 Å². The highest BCUT2D eigenvalue weighted by molar-refractivity contribution is 7.87. The summed E-state index contributed by atoms with van der Waals surface area (Å²) in [4.78, 5) is 12.9. The third-order valence-corrected chi connectivity index (χ3v) is 7.10. The molecule has 2 aromatic carbocycles. The van der Waals surface area contributed by atoms with Gasteiger partial charge in [0.1, 0.15) is 0 Å². The van der Waals surface area contributed by atoms with E-state index in [4.69, 9.17) is 11.6 Å². The van der Waals surface area contributed by atoms with E-state index in [1.165, 1.54) is 13.2 Å². The quantitative estimate of drug-likeness (QED) is 0.583. The monoisotopic (exact) mass is 458 g/mol. The Hall–Kier alpha value is -2.68. The minimum absolute atomic E-state index is 0.153. The third kappa shape index (κ3) is 4.66. The van der Waals surface area contributed by atoms with E-state index in [1.54, 1.807) is 10.7 Å². The topological polar surface area (TPSA) is 84.3 Å². The Morgan fingerprint density at radius 2 is 1.94 bits per heavy atom. The minimum atomic E-state index is -4.02. The van der Waals surface area contributed by atoms with Gasteiger partial charge in [0.2, 0.25) is 0 Å². The Kier molecular flexibility index (Phi) is 5.88. The average Bonchev–Trinajstić information content (AvgIpc) is 3.48. The lowest BCUT2D eigenvalue weighted by molar-refractivity contribution is 0.0978. The van der Waals surface area contributed by atoms with Crippen molar-refractivity contribution in [3.8, 4) is 5.69 Å². The van der Waals surface area contributed by atoms with Gasteiger partial charge < -0.3 is 0 Å². The van der Waals surface area contributed by atoms with Crippen LogP contribution in [-0.4, -0.2) is 35.5 Å². The fraction of sp³-hybridized carbons (Fsp3) is 0.273. The molecule has 1 aliphatic rings. The molecule has 1 amide bonds. The Bertz CT molecular complexity index is 1220. The van der Waals surface area contributed by atoms with Crippen LogP contribution >= 0.6 is 11.6 Å². The highest BCUT2D eigenvalue weighted by Crippen LogP contribution is 2.42. The second-order valence-electron chi connectivity index (χ2n) is 7.74. The van der Waals surface area contributed by atoms with E-state index in [1.807, 2.05) is 49.4 Å². The number of hydrogen-bond donors (Lipinski definition) is 1. The van der Waals surface area contributed by atoms with Crippen molar-refractivity contribution in [2.75, 3.05) is 7.05 Å². The highest BCUT2D eigenvalue weighted by atomic mass is 35.5. The van der Waals surface area contributed by atoms with Gasteiger partial charge in [0, 0.05) is 24.5 Å². The Balaban J connectivity index is 1.58. The van der Waals surface area contributed by atoms with Gasteiger partial charge in [-0.2, -0.15) is 17.8 Å². The number of amides is 1. The van der Waals surface area contributed by atoms with Gasteiger partial charge in [-0.15, -0.1) is 0 Å². The molecular formula is C22H23ClN4O3S. The number of rotatable bonds is 7. The zero-order chi connectivity index (χ0) is 22.2. The first kappa shape index (κ1) is 21.5. The van der Waals surface area contributed by atoms with E-state index in [0.717, 1.165) is 34.0 Å². The van der Waals surface area contributed by atoms with Crippen LogP contribution in [0.15, 0.2) is 54.7 Å². The average molecular weight is 459 g/mol. The highest BCUT2D eigenvalue weighted by Gasteiger charge is 2.34. The molecule has 0 aliphatic heterocycles. The van der Waals surface area contributed by atoms with Gasteiger partial charge in [-0.05, 0) is 43.0 Å². The Morgan fingerprint density at radius 3 is 2.58 bits per heavy atom. The Morgan fingerprint density at radius 1 is 1.23 bits per heavy atom. The lowest BCUT2D eigenvalue weighted by Crippen LogP contribution is -2.41. The molecule has 7 nitrogen and oxygen atoms in total. The van der Waals surface area contributed by atoms with E-state index in [9.17, 15) is 13.2 Å². The molecule has 1 aliphatic carbocycles. The second kappa shape index (κ2) is 8.45. The predicted molar refractivity (Wildman–Crippen MR) is 120 cm³/mol. The SMILES string of the molecule is Cc1ccc(-n2ncc(C(=O)NS(=O)(=O)N(C)Cc3ccccc3)c2C2CC2)cc1Cl. The maximum atomic E-state index is 12.9. The van der Waals surface area contributed by atoms with Crippen LogP contribution < -0.4 is 4.72 Å². The number of halogens is 1. The normalized spacial score (nSPS) is 14.1. The van der Waals surface area contributed by atoms with E-state index < -0.39 is 16.1 Å². The third-order valence-electron chi connectivity index (χ3n) is 5.30. The van der Waals surface area contributed by atoms with Crippen molar-refractivity contribution in [2.45, 2.75) is 32.2 Å². The molecule has 0 unspecified atom stereocenters. The first-order valence-electron chi connectivity index (χ1n) is 9.93. The van der Waals surface area contributed by atoms with Crippen LogP contribution in [0.3, 0.4) is 0 Å². The molecule has 0 atom stereocenters. The van der Waals surface area contributed by atoms with Gasteiger partial charge in [-0.25, -0.2) is 9.40 Å². The molecule has 0 spiro atoms. The number of aryl methyl sites for hydroxylation is 1. The molecule has 0 saturated heterocycles. The van der Waals surface area contributed by atoms with Crippen LogP contribution in [0.5, 0.6) is 0 Å². The summed E-state index contributed by atoms with van der Waals surface area (Å²) in [6.45, 7) is 2.06. The summed E-state index contributed by atoms with van der Waals surface area (Å²) in [6, 6.07) is 14.8. The van der Waals surface area contributed by atoms with Crippen molar-refractivity contribution in [1.29, 1.82) is 0 Å². The van der Waals surface area contributed by atoms with Gasteiger partial charge in [-0.1, -0.05) is 48.0 Å². The van der Waals surface area contributed by atoms with Crippen molar-refractivity contribution in [1.82, 2.24) is 18.8 Å². The summed E-state index contributed by atoms with van der Waals surface area (Å²) in [7, 11) is -2.59. The molecular weight excluding hydrogens is 436 g/mol. The summed E-state index contributed by atoms with van der Waals surface area (Å²) in [6.07, 6.45) is 3.27. The lowest BCUT2D eigenvalue weighted by Gasteiger charge is -2.18. The minimum Gasteiger partial charge on any atom is -0.268 e. The van der Waals surface area contributed by atoms with Crippen LogP contribution in [0, 0.1) is 6.92 Å². The molecule has 162 valence electrons. The molecule has 0 radical (unpaired) electrons. The largest absolute Gasteiger partial charge is 0.304 e. The van der Waals surface area contributed by atoms with E-state index in [0.29, 0.717) is 10.7 Å². The predicted octanol–water partition coefficient (Wildman–Crippen LogP) is 3.82. The molecule has 1 saturated carbocycles. The van der Waals surface area contributed by atoms with Gasteiger partial charge >= 0.3 is 10.2 Å². The second-order valence-corrected chi connectivity index (χ2v) is 9.93. The van der Waals surface area contributed by atoms with Crippen molar-refractivity contribution in [3.63, 3.8) is 0 Å². The van der Waals surface area contributed by atoms with Gasteiger partial charge in [0.25, 0.3) is 5.91 Å². The summed E-state index contributed by atoms with van der Waals surface area (Å²) in [5.41, 5.74) is 3.47. The number of carbonyl (C=O) groups excluding carboxylic acids is 1. The van der Waals surface area contributed by atoms with Crippen molar-refractivity contribution in [2.24, 2.45) is 0 Å². The summed E-state index contributed by atoms with van der Waals surface area (Å²) < 4.78 is 30.4. The summed E-state index contributed by atoms with van der Waals surface area (Å²) in [5, 5.41) is 4.97. The summed E-state index contributed by atoms with van der Waals surface area (Å²) in [5.74, 6) is -0.528. The van der Waals surface area contributed by atoms with Crippen LogP contribution in [0.25, 0.3) is 5.69 Å². The molecule has 3 aromatic rings. The summed E-state index contributed by atoms with van der Waals surface area (Å²) >= 11 is 6.26. The fourth-order valence-corrected chi connectivity index (χ4v) is 4.37. The van der Waals surface area contributed by atoms with Gasteiger partial charge in [-0.3, -0.25) is 4.79 Å². The van der Waals surface area contributed by atoms with Gasteiger partial charge in [0.05, 0.1) is 23.1 Å². The maximum Gasteiger partial charge on any atom is 0.304 e. The first-order valence-corrected chi connectivity index (χ1v) is 11.7. The number of nitrogens with one attached hydrogen (secondary N) is 1. The standard InChI is InChI=1S/C22H23ClN4O3S/c1-15-8-11-18(12-20(15)23)27-21(17-9-10-17)19(13-24-27)22(28)25-31(29,30)26(2)14-16-6-4-3-5-7-16/h3-8,11-13,17H,9-10,14H2,1-2H3,(H,25,28). The fourth-order valence-electron chi connectivity index (χ4n) is 3.38. The van der Waals surface area contributed by atoms with Crippen LogP contribution in [0.2, 0.25) is 5.02 Å². The van der Waals surface area contributed by atoms with E-state index in [2.05, 4.69) is 9.82 Å². The molecule has 4 rings (SSSR count). The zero-order valence-electron chi connectivity index (χ0n) is 17.2. The lowest BCUT2D eigenvalue weighted by atomic mass is 10.1. The number of carbonyl (C=O) groups is 1. The molecule has 1 fully saturated rings. The van der Waals surface area contributed by atoms with Crippen molar-refractivity contribution in [3.05, 3.63) is 82.1 Å². The van der Waals surface area contributed by atoms with Crippen LogP contribution in [0.4, 0.5) is 0 Å². The zero-order valence-corrected chi connectivity index (χ0v) is 18.8. The molecule has 1 N–H and O–H groups in total. The number of hydrogen-bond acceptors (Lipinski definition) is 4. The molecule has 1 heterocycles. The molecule has 1 aromatic heterocycles.